The number of rotatable bonds is 2. The predicted molar refractivity (Wildman–Crippen MR) is 72.0 cm³/mol. The molecule has 0 aliphatic carbocycles. The normalized spacial score (nSPS) is 18.1. The van der Waals surface area contributed by atoms with Crippen LogP contribution in [0.25, 0.3) is 0 Å². The van der Waals surface area contributed by atoms with Crippen LogP contribution in [-0.2, 0) is 9.59 Å². The van der Waals surface area contributed by atoms with Crippen LogP contribution in [0.3, 0.4) is 0 Å². The molecule has 2 heterocycles. The number of nitrogens with one attached hydrogen (secondary N) is 1. The monoisotopic (exact) mass is 286 g/mol. The molecular weight excluding hydrogens is 272 g/mol. The molecule has 0 radical (unpaired) electrons. The highest BCUT2D eigenvalue weighted by Crippen LogP contribution is 2.14. The lowest BCUT2D eigenvalue weighted by Crippen LogP contribution is -2.59. The molecule has 1 fully saturated rings. The number of piperazine rings is 1. The quantitative estimate of drug-likeness (QED) is 0.779. The highest BCUT2D eigenvalue weighted by Gasteiger charge is 2.36. The third-order valence-electron chi connectivity index (χ3n) is 3.33. The number of nitrogens with zero attached hydrogens (tertiary/aromatic N) is 3. The Hall–Kier alpha value is -2.75. The van der Waals surface area contributed by atoms with E-state index < -0.39 is 23.8 Å². The predicted octanol–water partition coefficient (Wildman–Crippen LogP) is 0.139. The molecule has 2 rings (SSSR count). The van der Waals surface area contributed by atoms with Gasteiger partial charge in [0.05, 0.1) is 11.3 Å². The van der Waals surface area contributed by atoms with Crippen LogP contribution in [0.1, 0.15) is 35.1 Å². The van der Waals surface area contributed by atoms with Crippen molar-refractivity contribution >= 4 is 17.7 Å². The van der Waals surface area contributed by atoms with Gasteiger partial charge in [-0.2, -0.15) is 5.26 Å². The summed E-state index contributed by atoms with van der Waals surface area (Å²) in [6.07, 6.45) is 0.403. The van der Waals surface area contributed by atoms with Crippen molar-refractivity contribution in [3.8, 4) is 6.07 Å². The highest BCUT2D eigenvalue weighted by atomic mass is 16.2. The van der Waals surface area contributed by atoms with E-state index in [0.717, 1.165) is 0 Å². The van der Waals surface area contributed by atoms with E-state index in [-0.39, 0.29) is 12.2 Å². The Morgan fingerprint density at radius 2 is 2.24 bits per heavy atom. The van der Waals surface area contributed by atoms with Gasteiger partial charge in [0.15, 0.2) is 0 Å². The third kappa shape index (κ3) is 2.74. The van der Waals surface area contributed by atoms with Crippen molar-refractivity contribution in [1.29, 1.82) is 5.26 Å². The van der Waals surface area contributed by atoms with Crippen LogP contribution in [0.5, 0.6) is 0 Å². The molecule has 1 aliphatic rings. The molecule has 0 saturated carbocycles. The van der Waals surface area contributed by atoms with Crippen LogP contribution >= 0.6 is 0 Å². The Morgan fingerprint density at radius 1 is 1.52 bits per heavy atom. The maximum Gasteiger partial charge on any atom is 0.273 e. The fourth-order valence-corrected chi connectivity index (χ4v) is 2.23. The Balaban J connectivity index is 2.33. The lowest BCUT2D eigenvalue weighted by molar-refractivity contribution is -0.138. The Labute approximate surface area is 121 Å². The second-order valence-corrected chi connectivity index (χ2v) is 4.71. The molecule has 1 aromatic heterocycles. The minimum Gasteiger partial charge on any atom is -0.316 e. The largest absolute Gasteiger partial charge is 0.316 e. The number of imide groups is 1. The lowest BCUT2D eigenvalue weighted by atomic mass is 10.1. The summed E-state index contributed by atoms with van der Waals surface area (Å²) in [5.41, 5.74) is 0.933. The Kier molecular flexibility index (Phi) is 3.98. The van der Waals surface area contributed by atoms with Crippen LogP contribution in [0.4, 0.5) is 0 Å². The second kappa shape index (κ2) is 5.71. The summed E-state index contributed by atoms with van der Waals surface area (Å²) >= 11 is 0. The van der Waals surface area contributed by atoms with E-state index in [0.29, 0.717) is 17.7 Å². The Bertz CT molecular complexity index is 663. The van der Waals surface area contributed by atoms with Crippen molar-refractivity contribution < 1.29 is 14.4 Å². The van der Waals surface area contributed by atoms with E-state index in [4.69, 9.17) is 5.26 Å². The van der Waals surface area contributed by atoms with Crippen molar-refractivity contribution in [2.75, 3.05) is 6.54 Å². The highest BCUT2D eigenvalue weighted by molar-refractivity contribution is 6.06. The molecule has 1 N–H and O–H groups in total. The summed E-state index contributed by atoms with van der Waals surface area (Å²) in [5.74, 6) is -1.48. The average molecular weight is 286 g/mol. The van der Waals surface area contributed by atoms with Crippen LogP contribution in [0.2, 0.25) is 0 Å². The number of hydrogen-bond donors (Lipinski definition) is 1. The van der Waals surface area contributed by atoms with E-state index in [1.54, 1.807) is 13.8 Å². The first-order valence-corrected chi connectivity index (χ1v) is 6.50. The summed E-state index contributed by atoms with van der Waals surface area (Å²) < 4.78 is 0. The Morgan fingerprint density at radius 3 is 2.81 bits per heavy atom. The maximum atomic E-state index is 12.5. The summed E-state index contributed by atoms with van der Waals surface area (Å²) in [4.78, 5) is 41.0. The maximum absolute atomic E-state index is 12.5. The molecule has 7 heteroatoms. The molecule has 21 heavy (non-hydrogen) atoms. The van der Waals surface area contributed by atoms with Crippen LogP contribution < -0.4 is 5.32 Å². The van der Waals surface area contributed by atoms with Gasteiger partial charge >= 0.3 is 0 Å². The summed E-state index contributed by atoms with van der Waals surface area (Å²) in [5, 5.41) is 11.1. The molecule has 1 unspecified atom stereocenters. The van der Waals surface area contributed by atoms with Crippen molar-refractivity contribution in [3.05, 3.63) is 29.1 Å². The fourth-order valence-electron chi connectivity index (χ4n) is 2.23. The van der Waals surface area contributed by atoms with Gasteiger partial charge in [-0.1, -0.05) is 6.92 Å². The number of carbonyl (C=O) groups excluding carboxylic acids is 3. The van der Waals surface area contributed by atoms with E-state index in [1.165, 1.54) is 17.0 Å². The standard InChI is InChI=1S/C14H14N4O3/c1-3-11-13(20)17-12(19)7-18(11)14(21)10-5-4-9(6-15)8(2)16-10/h4-5,11H,3,7H2,1-2H3,(H,17,19,20). The number of carbonyl (C=O) groups is 3. The van der Waals surface area contributed by atoms with Crippen molar-refractivity contribution in [3.63, 3.8) is 0 Å². The third-order valence-corrected chi connectivity index (χ3v) is 3.33. The summed E-state index contributed by atoms with van der Waals surface area (Å²) in [6, 6.07) is 4.21. The smallest absolute Gasteiger partial charge is 0.273 e. The van der Waals surface area contributed by atoms with Crippen LogP contribution in [-0.4, -0.2) is 40.2 Å². The van der Waals surface area contributed by atoms with Crippen molar-refractivity contribution in [1.82, 2.24) is 15.2 Å². The number of amides is 3. The van der Waals surface area contributed by atoms with Gasteiger partial charge in [0.1, 0.15) is 24.3 Å². The first kappa shape index (κ1) is 14.7. The number of pyridine rings is 1. The zero-order valence-electron chi connectivity index (χ0n) is 11.7. The van der Waals surface area contributed by atoms with E-state index in [2.05, 4.69) is 10.3 Å². The van der Waals surface area contributed by atoms with E-state index >= 15 is 0 Å². The van der Waals surface area contributed by atoms with Crippen LogP contribution in [0, 0.1) is 18.3 Å². The molecule has 3 amide bonds. The topological polar surface area (TPSA) is 103 Å². The molecule has 0 bridgehead atoms. The second-order valence-electron chi connectivity index (χ2n) is 4.71. The van der Waals surface area contributed by atoms with Crippen molar-refractivity contribution in [2.24, 2.45) is 0 Å². The van der Waals surface area contributed by atoms with Gasteiger partial charge in [0.2, 0.25) is 11.8 Å². The van der Waals surface area contributed by atoms with Crippen LogP contribution in [0.15, 0.2) is 12.1 Å². The van der Waals surface area contributed by atoms with Gasteiger partial charge in [0, 0.05) is 0 Å². The molecule has 108 valence electrons. The number of aryl methyl sites for hydroxylation is 1. The molecular formula is C14H14N4O3. The molecule has 1 aliphatic heterocycles. The number of aromatic nitrogens is 1. The zero-order valence-corrected chi connectivity index (χ0v) is 11.7. The zero-order chi connectivity index (χ0) is 15.6. The van der Waals surface area contributed by atoms with Gasteiger partial charge in [-0.25, -0.2) is 4.98 Å². The summed E-state index contributed by atoms with van der Waals surface area (Å²) in [6.45, 7) is 3.21. The van der Waals surface area contributed by atoms with Crippen molar-refractivity contribution in [2.45, 2.75) is 26.3 Å². The van der Waals surface area contributed by atoms with E-state index in [9.17, 15) is 14.4 Å². The van der Waals surface area contributed by atoms with E-state index in [1.807, 2.05) is 6.07 Å². The molecule has 7 nitrogen and oxygen atoms in total. The number of nitriles is 1. The first-order valence-electron chi connectivity index (χ1n) is 6.50. The molecule has 1 aromatic rings. The molecule has 1 atom stereocenters. The molecule has 0 aromatic carbocycles. The van der Waals surface area contributed by atoms with Gasteiger partial charge < -0.3 is 4.90 Å². The first-order chi connectivity index (χ1) is 9.97. The van der Waals surface area contributed by atoms with Gasteiger partial charge in [-0.3, -0.25) is 19.7 Å². The average Bonchev–Trinajstić information content (AvgIpc) is 2.45. The minimum atomic E-state index is -0.687. The number of hydrogen-bond acceptors (Lipinski definition) is 5. The summed E-state index contributed by atoms with van der Waals surface area (Å²) in [7, 11) is 0. The lowest BCUT2D eigenvalue weighted by Gasteiger charge is -2.33. The molecule has 1 saturated heterocycles. The minimum absolute atomic E-state index is 0.118. The SMILES string of the molecule is CCC1C(=O)NC(=O)CN1C(=O)c1ccc(C#N)c(C)n1. The molecule has 0 spiro atoms. The van der Waals surface area contributed by atoms with Gasteiger partial charge in [-0.05, 0) is 25.5 Å². The van der Waals surface area contributed by atoms with Gasteiger partial charge in [0.25, 0.3) is 5.91 Å². The fraction of sp³-hybridized carbons (Fsp3) is 0.357. The van der Waals surface area contributed by atoms with Gasteiger partial charge in [-0.15, -0.1) is 0 Å².